The molecule has 0 radical (unpaired) electrons. The van der Waals surface area contributed by atoms with Crippen molar-refractivity contribution in [2.24, 2.45) is 0 Å². The third-order valence-electron chi connectivity index (χ3n) is 5.02. The van der Waals surface area contributed by atoms with Crippen LogP contribution in [-0.4, -0.2) is 25.0 Å². The molecule has 0 N–H and O–H groups in total. The van der Waals surface area contributed by atoms with Crippen molar-refractivity contribution in [3.63, 3.8) is 0 Å². The fourth-order valence-corrected chi connectivity index (χ4v) is 3.92. The van der Waals surface area contributed by atoms with E-state index in [0.29, 0.717) is 5.92 Å². The van der Waals surface area contributed by atoms with Crippen molar-refractivity contribution >= 4 is 12.4 Å². The average molecular weight is 316 g/mol. The number of rotatable bonds is 1. The van der Waals surface area contributed by atoms with E-state index in [4.69, 9.17) is 4.74 Å². The quantitative estimate of drug-likeness (QED) is 0.785. The average Bonchev–Trinajstić information content (AvgIpc) is 2.82. The van der Waals surface area contributed by atoms with Crippen molar-refractivity contribution in [2.75, 3.05) is 20.1 Å². The molecule has 1 saturated heterocycles. The lowest BCUT2D eigenvalue weighted by Crippen LogP contribution is -2.47. The second-order valence-corrected chi connectivity index (χ2v) is 6.46. The Morgan fingerprint density at radius 3 is 2.77 bits per heavy atom. The van der Waals surface area contributed by atoms with E-state index >= 15 is 0 Å². The van der Waals surface area contributed by atoms with Gasteiger partial charge in [-0.1, -0.05) is 48.0 Å². The number of ether oxygens (including phenoxy) is 1. The number of halogens is 1. The Hall–Kier alpha value is -1.51. The van der Waals surface area contributed by atoms with Gasteiger partial charge in [-0.2, -0.15) is 0 Å². The van der Waals surface area contributed by atoms with Crippen molar-refractivity contribution in [2.45, 2.75) is 24.9 Å². The molecule has 116 valence electrons. The molecule has 0 aromatic heterocycles. The molecule has 3 heteroatoms. The third kappa shape index (κ3) is 2.22. The number of hydrogen-bond donors (Lipinski definition) is 0. The second kappa shape index (κ2) is 5.60. The van der Waals surface area contributed by atoms with Crippen LogP contribution in [0.5, 0.6) is 5.75 Å². The van der Waals surface area contributed by atoms with Crippen LogP contribution in [-0.2, 0) is 5.60 Å². The number of benzene rings is 2. The molecule has 2 aromatic rings. The van der Waals surface area contributed by atoms with Gasteiger partial charge in [0.25, 0.3) is 0 Å². The molecule has 0 saturated carbocycles. The summed E-state index contributed by atoms with van der Waals surface area (Å²) in [5, 5.41) is 0. The molecular weight excluding hydrogens is 294 g/mol. The van der Waals surface area contributed by atoms with Gasteiger partial charge in [-0.05, 0) is 25.6 Å². The number of piperidine rings is 1. The Balaban J connectivity index is 0.00000144. The van der Waals surface area contributed by atoms with E-state index in [9.17, 15) is 0 Å². The first-order valence-corrected chi connectivity index (χ1v) is 7.73. The molecule has 0 amide bonds. The van der Waals surface area contributed by atoms with Crippen LogP contribution in [0.3, 0.4) is 0 Å². The minimum Gasteiger partial charge on any atom is -0.482 e. The number of hydrogen-bond acceptors (Lipinski definition) is 2. The van der Waals surface area contributed by atoms with Gasteiger partial charge in [0.1, 0.15) is 11.4 Å². The summed E-state index contributed by atoms with van der Waals surface area (Å²) in [4.78, 5) is 2.42. The van der Waals surface area contributed by atoms with Gasteiger partial charge in [-0.25, -0.2) is 0 Å². The summed E-state index contributed by atoms with van der Waals surface area (Å²) in [6, 6.07) is 17.4. The maximum absolute atomic E-state index is 6.56. The number of aryl methyl sites for hydroxylation is 1. The summed E-state index contributed by atoms with van der Waals surface area (Å²) in [7, 11) is 2.21. The van der Waals surface area contributed by atoms with Gasteiger partial charge in [0.05, 0.1) is 0 Å². The highest BCUT2D eigenvalue weighted by Gasteiger charge is 2.51. The summed E-state index contributed by atoms with van der Waals surface area (Å²) in [6.45, 7) is 4.30. The van der Waals surface area contributed by atoms with Crippen molar-refractivity contribution in [1.82, 2.24) is 4.90 Å². The first kappa shape index (κ1) is 15.4. The highest BCUT2D eigenvalue weighted by Crippen LogP contribution is 2.54. The fourth-order valence-electron chi connectivity index (χ4n) is 3.92. The van der Waals surface area contributed by atoms with Crippen LogP contribution in [0.2, 0.25) is 0 Å². The van der Waals surface area contributed by atoms with E-state index in [-0.39, 0.29) is 18.0 Å². The molecule has 22 heavy (non-hydrogen) atoms. The lowest BCUT2D eigenvalue weighted by Gasteiger charge is -2.42. The molecule has 2 heterocycles. The Morgan fingerprint density at radius 1 is 1.14 bits per heavy atom. The Morgan fingerprint density at radius 2 is 1.95 bits per heavy atom. The van der Waals surface area contributed by atoms with E-state index in [1.165, 1.54) is 16.7 Å². The topological polar surface area (TPSA) is 12.5 Å². The second-order valence-electron chi connectivity index (χ2n) is 6.46. The molecule has 2 aromatic carbocycles. The van der Waals surface area contributed by atoms with E-state index < -0.39 is 0 Å². The lowest BCUT2D eigenvalue weighted by molar-refractivity contribution is 0.00698. The summed E-state index contributed by atoms with van der Waals surface area (Å²) >= 11 is 0. The van der Waals surface area contributed by atoms with E-state index in [1.807, 2.05) is 0 Å². The van der Waals surface area contributed by atoms with Gasteiger partial charge in [0.15, 0.2) is 0 Å². The standard InChI is InChI=1S/C19H21NO.ClH/c1-14-6-5-7-15(12-14)19-10-11-20(2)13-17(19)16-8-3-4-9-18(16)21-19;/h3-9,12,17H,10-11,13H2,1-2H3;1H. The number of fused-ring (bicyclic) bond motifs is 3. The molecule has 0 bridgehead atoms. The van der Waals surface area contributed by atoms with Crippen molar-refractivity contribution < 1.29 is 4.74 Å². The van der Waals surface area contributed by atoms with Crippen LogP contribution < -0.4 is 4.74 Å². The van der Waals surface area contributed by atoms with Crippen LogP contribution >= 0.6 is 12.4 Å². The molecule has 4 rings (SSSR count). The third-order valence-corrected chi connectivity index (χ3v) is 5.02. The summed E-state index contributed by atoms with van der Waals surface area (Å²) in [6.07, 6.45) is 1.05. The molecule has 2 aliphatic heterocycles. The van der Waals surface area contributed by atoms with E-state index in [0.717, 1.165) is 25.3 Å². The first-order valence-electron chi connectivity index (χ1n) is 7.73. The van der Waals surface area contributed by atoms with Crippen LogP contribution in [0.4, 0.5) is 0 Å². The lowest BCUT2D eigenvalue weighted by atomic mass is 9.74. The molecule has 2 nitrogen and oxygen atoms in total. The van der Waals surface area contributed by atoms with Crippen LogP contribution in [0, 0.1) is 6.92 Å². The Labute approximate surface area is 138 Å². The summed E-state index contributed by atoms with van der Waals surface area (Å²) in [5.41, 5.74) is 3.82. The smallest absolute Gasteiger partial charge is 0.143 e. The zero-order valence-electron chi connectivity index (χ0n) is 13.1. The predicted octanol–water partition coefficient (Wildman–Crippen LogP) is 4.12. The first-order chi connectivity index (χ1) is 10.2. The van der Waals surface area contributed by atoms with Crippen molar-refractivity contribution in [1.29, 1.82) is 0 Å². The highest BCUT2D eigenvalue weighted by molar-refractivity contribution is 5.85. The SMILES string of the molecule is Cc1cccc(C23CCN(C)CC2c2ccccc2O3)c1.Cl. The molecule has 1 fully saturated rings. The zero-order chi connectivity index (χ0) is 14.4. The molecule has 2 atom stereocenters. The van der Waals surface area contributed by atoms with Crippen molar-refractivity contribution in [3.8, 4) is 5.75 Å². The maximum atomic E-state index is 6.56. The predicted molar refractivity (Wildman–Crippen MR) is 92.0 cm³/mol. The van der Waals surface area contributed by atoms with Gasteiger partial charge in [0.2, 0.25) is 0 Å². The molecular formula is C19H22ClNO. The number of para-hydroxylation sites is 1. The number of nitrogens with zero attached hydrogens (tertiary/aromatic N) is 1. The molecule has 0 aliphatic carbocycles. The molecule has 0 spiro atoms. The van der Waals surface area contributed by atoms with Crippen molar-refractivity contribution in [3.05, 3.63) is 65.2 Å². The normalized spacial score (nSPS) is 26.5. The fraction of sp³-hybridized carbons (Fsp3) is 0.368. The van der Waals surface area contributed by atoms with Gasteiger partial charge in [-0.15, -0.1) is 12.4 Å². The Kier molecular flexibility index (Phi) is 3.92. The zero-order valence-corrected chi connectivity index (χ0v) is 13.9. The number of likely N-dealkylation sites (tertiary alicyclic amines) is 1. The minimum atomic E-state index is -0.178. The maximum Gasteiger partial charge on any atom is 0.143 e. The molecule has 2 unspecified atom stereocenters. The Bertz CT molecular complexity index is 687. The highest BCUT2D eigenvalue weighted by atomic mass is 35.5. The van der Waals surface area contributed by atoms with Gasteiger partial charge < -0.3 is 9.64 Å². The largest absolute Gasteiger partial charge is 0.482 e. The van der Waals surface area contributed by atoms with Crippen LogP contribution in [0.15, 0.2) is 48.5 Å². The molecule has 2 aliphatic rings. The van der Waals surface area contributed by atoms with E-state index in [1.54, 1.807) is 0 Å². The van der Waals surface area contributed by atoms with Gasteiger partial charge in [-0.3, -0.25) is 0 Å². The van der Waals surface area contributed by atoms with Gasteiger partial charge in [0, 0.05) is 31.0 Å². The van der Waals surface area contributed by atoms with Crippen LogP contribution in [0.25, 0.3) is 0 Å². The van der Waals surface area contributed by atoms with E-state index in [2.05, 4.69) is 67.4 Å². The monoisotopic (exact) mass is 315 g/mol. The van der Waals surface area contributed by atoms with Crippen LogP contribution in [0.1, 0.15) is 29.0 Å². The number of likely N-dealkylation sites (N-methyl/N-ethyl adjacent to an activating group) is 1. The summed E-state index contributed by atoms with van der Waals surface area (Å²) in [5.74, 6) is 1.49. The summed E-state index contributed by atoms with van der Waals surface area (Å²) < 4.78 is 6.56. The minimum absolute atomic E-state index is 0. The van der Waals surface area contributed by atoms with Gasteiger partial charge >= 0.3 is 0 Å².